The van der Waals surface area contributed by atoms with Crippen LogP contribution in [0.2, 0.25) is 0 Å². The van der Waals surface area contributed by atoms with Crippen LogP contribution in [-0.4, -0.2) is 12.4 Å². The van der Waals surface area contributed by atoms with Crippen molar-refractivity contribution in [2.45, 2.75) is 6.92 Å². The highest BCUT2D eigenvalue weighted by molar-refractivity contribution is 6.66. The topological polar surface area (TPSA) is 26.3 Å². The van der Waals surface area contributed by atoms with E-state index in [4.69, 9.17) is 16.3 Å². The number of methoxy groups -OCH3 is 1. The average Bonchev–Trinajstić information content (AvgIpc) is 2.14. The number of ether oxygens (including phenoxy) is 1. The summed E-state index contributed by atoms with van der Waals surface area (Å²) < 4.78 is 4.82. The molecule has 0 aromatic heterocycles. The maximum Gasteiger partial charge on any atom is 0.245 e. The van der Waals surface area contributed by atoms with Crippen molar-refractivity contribution in [1.29, 1.82) is 0 Å². The van der Waals surface area contributed by atoms with Gasteiger partial charge in [0.25, 0.3) is 0 Å². The van der Waals surface area contributed by atoms with Crippen LogP contribution < -0.4 is 0 Å². The van der Waals surface area contributed by atoms with Crippen LogP contribution in [0.25, 0.3) is 0 Å². The van der Waals surface area contributed by atoms with Gasteiger partial charge in [0.1, 0.15) is 0 Å². The largest absolute Gasteiger partial charge is 0.504 e. The van der Waals surface area contributed by atoms with Gasteiger partial charge < -0.3 is 4.74 Å². The molecule has 0 aliphatic rings. The molecule has 0 aromatic carbocycles. The Morgan fingerprint density at radius 2 is 1.93 bits per heavy atom. The Kier molecular flexibility index (Phi) is 7.56. The van der Waals surface area contributed by atoms with Gasteiger partial charge in [-0.3, -0.25) is 4.79 Å². The summed E-state index contributed by atoms with van der Waals surface area (Å²) in [7, 11) is 1.54. The van der Waals surface area contributed by atoms with Crippen LogP contribution in [-0.2, 0) is 9.53 Å². The minimum Gasteiger partial charge on any atom is -0.504 e. The van der Waals surface area contributed by atoms with Crippen molar-refractivity contribution in [1.82, 2.24) is 0 Å². The van der Waals surface area contributed by atoms with Crippen LogP contribution in [0, 0.1) is 0 Å². The first kappa shape index (κ1) is 12.7. The minimum atomic E-state index is -0.508. The minimum absolute atomic E-state index is 0.508. The highest BCUT2D eigenvalue weighted by Gasteiger charge is 1.88. The van der Waals surface area contributed by atoms with E-state index in [-0.39, 0.29) is 0 Å². The Labute approximate surface area is 89.2 Å². The van der Waals surface area contributed by atoms with E-state index in [0.29, 0.717) is 0 Å². The van der Waals surface area contributed by atoms with Gasteiger partial charge in [-0.25, -0.2) is 0 Å². The van der Waals surface area contributed by atoms with Gasteiger partial charge in [-0.1, -0.05) is 24.3 Å². The van der Waals surface area contributed by atoms with E-state index in [1.54, 1.807) is 19.3 Å². The number of hydrogen-bond acceptors (Lipinski definition) is 2. The van der Waals surface area contributed by atoms with E-state index in [9.17, 15) is 4.79 Å². The highest BCUT2D eigenvalue weighted by atomic mass is 35.5. The fourth-order valence-electron chi connectivity index (χ4n) is 0.710. The zero-order valence-corrected chi connectivity index (χ0v) is 8.99. The summed E-state index contributed by atoms with van der Waals surface area (Å²) in [6.07, 6.45) is 11.8. The number of carbonyl (C=O) groups is 1. The molecule has 0 heterocycles. The van der Waals surface area contributed by atoms with Gasteiger partial charge >= 0.3 is 0 Å². The Hall–Kier alpha value is -1.28. The lowest BCUT2D eigenvalue weighted by atomic mass is 10.2. The molecule has 0 saturated heterocycles. The van der Waals surface area contributed by atoms with Gasteiger partial charge in [-0.2, -0.15) is 0 Å². The van der Waals surface area contributed by atoms with Gasteiger partial charge in [-0.15, -0.1) is 0 Å². The van der Waals surface area contributed by atoms with Crippen molar-refractivity contribution in [2.75, 3.05) is 7.11 Å². The van der Waals surface area contributed by atoms with E-state index in [0.717, 1.165) is 5.57 Å². The molecule has 0 N–H and O–H groups in total. The van der Waals surface area contributed by atoms with Crippen LogP contribution in [0.5, 0.6) is 0 Å². The van der Waals surface area contributed by atoms with Crippen LogP contribution in [0.1, 0.15) is 6.92 Å². The van der Waals surface area contributed by atoms with Gasteiger partial charge in [0.05, 0.1) is 13.4 Å². The first-order valence-corrected chi connectivity index (χ1v) is 4.48. The molecule has 2 nitrogen and oxygen atoms in total. The molecule has 0 aromatic rings. The molecule has 0 fully saturated rings. The predicted molar refractivity (Wildman–Crippen MR) is 59.0 cm³/mol. The quantitative estimate of drug-likeness (QED) is 0.303. The third kappa shape index (κ3) is 7.37. The van der Waals surface area contributed by atoms with Crippen LogP contribution in [0.3, 0.4) is 0 Å². The Balaban J connectivity index is 4.46. The molecule has 0 aliphatic heterocycles. The zero-order chi connectivity index (χ0) is 10.8. The smallest absolute Gasteiger partial charge is 0.245 e. The summed E-state index contributed by atoms with van der Waals surface area (Å²) >= 11 is 5.15. The number of hydrogen-bond donors (Lipinski definition) is 0. The van der Waals surface area contributed by atoms with Crippen molar-refractivity contribution in [2.24, 2.45) is 0 Å². The van der Waals surface area contributed by atoms with E-state index < -0.39 is 5.24 Å². The zero-order valence-electron chi connectivity index (χ0n) is 8.24. The molecule has 0 saturated carbocycles. The molecule has 0 unspecified atom stereocenters. The Bertz CT molecular complexity index is 286. The van der Waals surface area contributed by atoms with E-state index >= 15 is 0 Å². The van der Waals surface area contributed by atoms with E-state index in [1.165, 1.54) is 12.3 Å². The second-order valence-electron chi connectivity index (χ2n) is 2.38. The first-order valence-electron chi connectivity index (χ1n) is 4.10. The molecule has 0 rings (SSSR count). The van der Waals surface area contributed by atoms with Crippen LogP contribution >= 0.6 is 11.6 Å². The molecular formula is C11H13ClO2. The van der Waals surface area contributed by atoms with Gasteiger partial charge in [0.15, 0.2) is 0 Å². The van der Waals surface area contributed by atoms with Crippen molar-refractivity contribution in [3.8, 4) is 0 Å². The number of carbonyl (C=O) groups excluding carboxylic acids is 1. The van der Waals surface area contributed by atoms with Gasteiger partial charge in [0.2, 0.25) is 5.24 Å². The summed E-state index contributed by atoms with van der Waals surface area (Å²) in [5.41, 5.74) is 0.764. The molecule has 0 radical (unpaired) electrons. The van der Waals surface area contributed by atoms with Crippen molar-refractivity contribution in [3.05, 3.63) is 48.3 Å². The van der Waals surface area contributed by atoms with Gasteiger partial charge in [0, 0.05) is 5.57 Å². The average molecular weight is 213 g/mol. The Morgan fingerprint density at radius 3 is 2.43 bits per heavy atom. The molecule has 76 valence electrons. The second kappa shape index (κ2) is 8.32. The van der Waals surface area contributed by atoms with E-state index in [1.807, 2.05) is 25.2 Å². The summed E-state index contributed by atoms with van der Waals surface area (Å²) in [6.45, 7) is 1.92. The van der Waals surface area contributed by atoms with Gasteiger partial charge in [-0.05, 0) is 30.7 Å². The lowest BCUT2D eigenvalue weighted by molar-refractivity contribution is -0.107. The predicted octanol–water partition coefficient (Wildman–Crippen LogP) is 2.97. The fourth-order valence-corrected chi connectivity index (χ4v) is 0.773. The van der Waals surface area contributed by atoms with Crippen molar-refractivity contribution >= 4 is 16.8 Å². The first-order chi connectivity index (χ1) is 6.70. The Morgan fingerprint density at radius 1 is 1.21 bits per heavy atom. The highest BCUT2D eigenvalue weighted by Crippen LogP contribution is 2.01. The fraction of sp³-hybridized carbons (Fsp3) is 0.182. The summed E-state index contributed by atoms with van der Waals surface area (Å²) in [5, 5.41) is -0.508. The maximum atomic E-state index is 10.5. The van der Waals surface area contributed by atoms with Crippen LogP contribution in [0.15, 0.2) is 48.3 Å². The van der Waals surface area contributed by atoms with E-state index in [2.05, 4.69) is 0 Å². The lowest BCUT2D eigenvalue weighted by Crippen LogP contribution is -1.79. The molecule has 0 atom stereocenters. The number of allylic oxidation sites excluding steroid dienone is 7. The third-order valence-corrected chi connectivity index (χ3v) is 1.38. The second-order valence-corrected chi connectivity index (χ2v) is 2.75. The number of halogens is 1. The monoisotopic (exact) mass is 212 g/mol. The molecule has 0 spiro atoms. The summed E-state index contributed by atoms with van der Waals surface area (Å²) in [6, 6.07) is 0. The summed E-state index contributed by atoms with van der Waals surface area (Å²) in [4.78, 5) is 10.5. The third-order valence-electron chi connectivity index (χ3n) is 1.25. The molecular weight excluding hydrogens is 200 g/mol. The number of rotatable bonds is 5. The molecule has 14 heavy (non-hydrogen) atoms. The lowest BCUT2D eigenvalue weighted by Gasteiger charge is -1.92. The molecule has 0 amide bonds. The molecule has 3 heteroatoms. The SMILES string of the molecule is C\C=C/C=C\C(=C\OC)\C=C\C(=O)Cl. The maximum absolute atomic E-state index is 10.5. The standard InChI is InChI=1S/C11H13ClO2/c1-3-4-5-6-10(9-14-2)7-8-11(12)13/h3-9H,1-2H3/b4-3-,6-5-,8-7+,10-9-. The molecule has 0 aliphatic carbocycles. The van der Waals surface area contributed by atoms with Crippen molar-refractivity contribution in [3.63, 3.8) is 0 Å². The normalized spacial score (nSPS) is 13.2. The molecule has 0 bridgehead atoms. The summed E-state index contributed by atoms with van der Waals surface area (Å²) in [5.74, 6) is 0. The van der Waals surface area contributed by atoms with Crippen molar-refractivity contribution < 1.29 is 9.53 Å². The van der Waals surface area contributed by atoms with Crippen LogP contribution in [0.4, 0.5) is 0 Å².